The minimum atomic E-state index is -0.970. The maximum absolute atomic E-state index is 13.0. The normalized spacial score (nSPS) is 17.5. The third kappa shape index (κ3) is 2.06. The van der Waals surface area contributed by atoms with Crippen LogP contribution >= 0.6 is 0 Å². The van der Waals surface area contributed by atoms with E-state index in [0.717, 1.165) is 29.5 Å². The van der Waals surface area contributed by atoms with E-state index in [1.54, 1.807) is 6.07 Å². The van der Waals surface area contributed by atoms with Crippen LogP contribution in [-0.4, -0.2) is 11.1 Å². The van der Waals surface area contributed by atoms with Crippen LogP contribution in [0.4, 0.5) is 4.39 Å². The summed E-state index contributed by atoms with van der Waals surface area (Å²) in [6.45, 7) is 0. The second-order valence-electron chi connectivity index (χ2n) is 3.66. The van der Waals surface area contributed by atoms with Gasteiger partial charge in [-0.3, -0.25) is 0 Å². The highest BCUT2D eigenvalue weighted by molar-refractivity contribution is 5.90. The average Bonchev–Trinajstić information content (AvgIpc) is 2.18. The van der Waals surface area contributed by atoms with Crippen molar-refractivity contribution in [3.05, 3.63) is 41.2 Å². The van der Waals surface area contributed by atoms with Crippen LogP contribution < -0.4 is 0 Å². The summed E-state index contributed by atoms with van der Waals surface area (Å²) in [4.78, 5) is 10.6. The Labute approximate surface area is 87.0 Å². The van der Waals surface area contributed by atoms with Crippen molar-refractivity contribution in [2.24, 2.45) is 0 Å². The number of fused-ring (bicyclic) bond motifs is 1. The molecule has 3 heteroatoms. The number of rotatable bonds is 1. The zero-order valence-electron chi connectivity index (χ0n) is 8.16. The Kier molecular flexibility index (Phi) is 2.54. The summed E-state index contributed by atoms with van der Waals surface area (Å²) in [5.41, 5.74) is 2.52. The predicted molar refractivity (Wildman–Crippen MR) is 55.0 cm³/mol. The second-order valence-corrected chi connectivity index (χ2v) is 3.66. The number of aryl methyl sites for hydroxylation is 1. The highest BCUT2D eigenvalue weighted by Crippen LogP contribution is 2.30. The molecule has 0 aliphatic heterocycles. The number of benzene rings is 1. The van der Waals surface area contributed by atoms with Crippen molar-refractivity contribution in [1.82, 2.24) is 0 Å². The number of aliphatic carboxylic acids is 1. The summed E-state index contributed by atoms with van der Waals surface area (Å²) in [6, 6.07) is 4.57. The van der Waals surface area contributed by atoms with Crippen molar-refractivity contribution in [2.75, 3.05) is 0 Å². The van der Waals surface area contributed by atoms with E-state index in [-0.39, 0.29) is 5.82 Å². The molecule has 0 saturated heterocycles. The number of halogens is 1. The largest absolute Gasteiger partial charge is 0.478 e. The topological polar surface area (TPSA) is 37.3 Å². The molecule has 15 heavy (non-hydrogen) atoms. The molecule has 0 aromatic heterocycles. The minimum Gasteiger partial charge on any atom is -0.478 e. The standard InChI is InChI=1S/C12H11FO2/c13-10-5-4-8-2-1-3-9(6-12(14)15)11(8)7-10/h4-7H,1-3H2,(H,14,15)/b9-6+. The summed E-state index contributed by atoms with van der Waals surface area (Å²) < 4.78 is 13.0. The van der Waals surface area contributed by atoms with Gasteiger partial charge < -0.3 is 5.11 Å². The lowest BCUT2D eigenvalue weighted by Gasteiger charge is -2.18. The van der Waals surface area contributed by atoms with Crippen LogP contribution in [0.25, 0.3) is 5.57 Å². The number of hydrogen-bond donors (Lipinski definition) is 1. The van der Waals surface area contributed by atoms with Gasteiger partial charge in [-0.15, -0.1) is 0 Å². The zero-order chi connectivity index (χ0) is 10.8. The molecule has 0 amide bonds. The first-order valence-corrected chi connectivity index (χ1v) is 4.89. The molecule has 1 aromatic carbocycles. The monoisotopic (exact) mass is 206 g/mol. The van der Waals surface area contributed by atoms with Crippen LogP contribution in [0, 0.1) is 5.82 Å². The van der Waals surface area contributed by atoms with Gasteiger partial charge in [0.25, 0.3) is 0 Å². The van der Waals surface area contributed by atoms with Crippen LogP contribution in [0.15, 0.2) is 24.3 Å². The van der Waals surface area contributed by atoms with Gasteiger partial charge in [-0.1, -0.05) is 6.07 Å². The van der Waals surface area contributed by atoms with E-state index in [2.05, 4.69) is 0 Å². The molecule has 1 N–H and O–H groups in total. The van der Waals surface area contributed by atoms with Crippen LogP contribution in [0.3, 0.4) is 0 Å². The quantitative estimate of drug-likeness (QED) is 0.717. The molecular formula is C12H11FO2. The van der Waals surface area contributed by atoms with Crippen LogP contribution in [0.1, 0.15) is 24.0 Å². The van der Waals surface area contributed by atoms with Crippen molar-refractivity contribution < 1.29 is 14.3 Å². The zero-order valence-corrected chi connectivity index (χ0v) is 8.16. The first kappa shape index (κ1) is 9.90. The van der Waals surface area contributed by atoms with E-state index in [4.69, 9.17) is 5.11 Å². The van der Waals surface area contributed by atoms with Gasteiger partial charge in [0.2, 0.25) is 0 Å². The highest BCUT2D eigenvalue weighted by atomic mass is 19.1. The highest BCUT2D eigenvalue weighted by Gasteiger charge is 2.15. The average molecular weight is 206 g/mol. The van der Waals surface area contributed by atoms with Gasteiger partial charge in [0.05, 0.1) is 0 Å². The molecule has 0 radical (unpaired) electrons. The molecule has 0 unspecified atom stereocenters. The molecule has 0 heterocycles. The van der Waals surface area contributed by atoms with Crippen molar-refractivity contribution in [3.63, 3.8) is 0 Å². The summed E-state index contributed by atoms with van der Waals surface area (Å²) in [7, 11) is 0. The Bertz CT molecular complexity index is 435. The maximum Gasteiger partial charge on any atom is 0.328 e. The van der Waals surface area contributed by atoms with Gasteiger partial charge in [0.1, 0.15) is 5.82 Å². The molecular weight excluding hydrogens is 195 g/mol. The molecule has 0 saturated carbocycles. The third-order valence-corrected chi connectivity index (χ3v) is 2.61. The number of carbonyl (C=O) groups is 1. The number of carboxylic acids is 1. The van der Waals surface area contributed by atoms with Crippen LogP contribution in [-0.2, 0) is 11.2 Å². The Balaban J connectivity index is 2.49. The third-order valence-electron chi connectivity index (χ3n) is 2.61. The SMILES string of the molecule is O=C(O)/C=C1\CCCc2ccc(F)cc21. The van der Waals surface area contributed by atoms with E-state index >= 15 is 0 Å². The molecule has 0 spiro atoms. The van der Waals surface area contributed by atoms with E-state index in [9.17, 15) is 9.18 Å². The summed E-state index contributed by atoms with van der Waals surface area (Å²) in [6.07, 6.45) is 3.71. The summed E-state index contributed by atoms with van der Waals surface area (Å²) >= 11 is 0. The van der Waals surface area contributed by atoms with Crippen molar-refractivity contribution in [3.8, 4) is 0 Å². The second kappa shape index (κ2) is 3.85. The fourth-order valence-corrected chi connectivity index (χ4v) is 1.97. The Hall–Kier alpha value is -1.64. The van der Waals surface area contributed by atoms with E-state index < -0.39 is 5.97 Å². The van der Waals surface area contributed by atoms with Gasteiger partial charge in [0.15, 0.2) is 0 Å². The molecule has 2 rings (SSSR count). The van der Waals surface area contributed by atoms with E-state index in [0.29, 0.717) is 6.42 Å². The van der Waals surface area contributed by atoms with Crippen molar-refractivity contribution >= 4 is 11.5 Å². The maximum atomic E-state index is 13.0. The van der Waals surface area contributed by atoms with Gasteiger partial charge in [0, 0.05) is 6.08 Å². The Morgan fingerprint density at radius 1 is 1.40 bits per heavy atom. The minimum absolute atomic E-state index is 0.313. The molecule has 0 atom stereocenters. The summed E-state index contributed by atoms with van der Waals surface area (Å²) in [5.74, 6) is -1.28. The lowest BCUT2D eigenvalue weighted by molar-refractivity contribution is -0.131. The van der Waals surface area contributed by atoms with Crippen LogP contribution in [0.2, 0.25) is 0 Å². The predicted octanol–water partition coefficient (Wildman–Crippen LogP) is 2.63. The molecule has 0 bridgehead atoms. The first-order chi connectivity index (χ1) is 7.16. The lowest BCUT2D eigenvalue weighted by Crippen LogP contribution is -2.04. The fourth-order valence-electron chi connectivity index (χ4n) is 1.97. The number of hydrogen-bond acceptors (Lipinski definition) is 1. The Morgan fingerprint density at radius 2 is 2.20 bits per heavy atom. The molecule has 2 nitrogen and oxygen atoms in total. The Morgan fingerprint density at radius 3 is 2.93 bits per heavy atom. The molecule has 0 fully saturated rings. The van der Waals surface area contributed by atoms with Gasteiger partial charge in [-0.2, -0.15) is 0 Å². The van der Waals surface area contributed by atoms with E-state index in [1.807, 2.05) is 0 Å². The molecule has 78 valence electrons. The smallest absolute Gasteiger partial charge is 0.328 e. The number of carboxylic acid groups (broad SMARTS) is 1. The lowest BCUT2D eigenvalue weighted by atomic mass is 9.87. The van der Waals surface area contributed by atoms with Gasteiger partial charge in [-0.05, 0) is 48.1 Å². The molecule has 1 aliphatic carbocycles. The van der Waals surface area contributed by atoms with Gasteiger partial charge >= 0.3 is 5.97 Å². The fraction of sp³-hybridized carbons (Fsp3) is 0.250. The summed E-state index contributed by atoms with van der Waals surface area (Å²) in [5, 5.41) is 8.69. The van der Waals surface area contributed by atoms with Gasteiger partial charge in [-0.25, -0.2) is 9.18 Å². The van der Waals surface area contributed by atoms with Crippen molar-refractivity contribution in [2.45, 2.75) is 19.3 Å². The number of allylic oxidation sites excluding steroid dienone is 1. The first-order valence-electron chi connectivity index (χ1n) is 4.89. The van der Waals surface area contributed by atoms with Crippen LogP contribution in [0.5, 0.6) is 0 Å². The van der Waals surface area contributed by atoms with Crippen molar-refractivity contribution in [1.29, 1.82) is 0 Å². The molecule has 1 aromatic rings. The molecule has 1 aliphatic rings. The van der Waals surface area contributed by atoms with E-state index in [1.165, 1.54) is 18.2 Å².